The maximum Gasteiger partial charge on any atom is 0.280 e. The summed E-state index contributed by atoms with van der Waals surface area (Å²) in [6.07, 6.45) is 0.223. The van der Waals surface area contributed by atoms with Crippen molar-refractivity contribution in [2.45, 2.75) is 12.8 Å². The summed E-state index contributed by atoms with van der Waals surface area (Å²) in [6, 6.07) is 9.99. The molecule has 0 saturated heterocycles. The van der Waals surface area contributed by atoms with E-state index in [1.54, 1.807) is 29.8 Å². The topological polar surface area (TPSA) is 64.0 Å². The van der Waals surface area contributed by atoms with Crippen LogP contribution < -0.4 is 10.9 Å². The van der Waals surface area contributed by atoms with Gasteiger partial charge in [-0.3, -0.25) is 9.59 Å². The van der Waals surface area contributed by atoms with E-state index in [0.717, 1.165) is 17.6 Å². The first kappa shape index (κ1) is 16.8. The minimum Gasteiger partial charge on any atom is -0.332 e. The number of para-hydroxylation sites is 1. The second kappa shape index (κ2) is 6.80. The highest BCUT2D eigenvalue weighted by atomic mass is 19.1. The number of anilines is 1. The van der Waals surface area contributed by atoms with Crippen molar-refractivity contribution in [1.29, 1.82) is 0 Å². The van der Waals surface area contributed by atoms with Gasteiger partial charge < -0.3 is 9.88 Å². The van der Waals surface area contributed by atoms with Crippen LogP contribution in [0.3, 0.4) is 0 Å². The number of rotatable bonds is 4. The average molecular weight is 343 g/mol. The second-order valence-corrected chi connectivity index (χ2v) is 5.58. The molecule has 1 amide bonds. The van der Waals surface area contributed by atoms with Crippen molar-refractivity contribution in [2.24, 2.45) is 7.05 Å². The number of hydrogen-bond donors (Lipinski definition) is 1. The second-order valence-electron chi connectivity index (χ2n) is 5.58. The Morgan fingerprint density at radius 3 is 2.72 bits per heavy atom. The third kappa shape index (κ3) is 3.55. The predicted octanol–water partition coefficient (Wildman–Crippen LogP) is 2.78. The Bertz CT molecular complexity index is 1010. The molecule has 0 fully saturated rings. The Morgan fingerprint density at radius 1 is 1.20 bits per heavy atom. The standard InChI is InChI=1S/C18H15F2N3O2/c1-23-15-5-3-2-4-12(15)18(25)22-16(23)8-9-17(24)21-14-7-6-11(19)10-13(14)20/h2-7,10H,8-9H2,1H3,(H,21,24). The first-order valence-electron chi connectivity index (χ1n) is 7.65. The van der Waals surface area contributed by atoms with Crippen LogP contribution in [0.2, 0.25) is 0 Å². The molecule has 0 saturated carbocycles. The summed E-state index contributed by atoms with van der Waals surface area (Å²) in [4.78, 5) is 28.1. The molecule has 2 aromatic carbocycles. The molecule has 0 aliphatic heterocycles. The lowest BCUT2D eigenvalue weighted by Crippen LogP contribution is -2.20. The van der Waals surface area contributed by atoms with Crippen molar-refractivity contribution in [3.63, 3.8) is 0 Å². The maximum absolute atomic E-state index is 13.6. The average Bonchev–Trinajstić information content (AvgIpc) is 2.59. The van der Waals surface area contributed by atoms with Gasteiger partial charge in [-0.25, -0.2) is 8.78 Å². The van der Waals surface area contributed by atoms with Gasteiger partial charge in [-0.05, 0) is 24.3 Å². The first-order valence-corrected chi connectivity index (χ1v) is 7.65. The summed E-state index contributed by atoms with van der Waals surface area (Å²) in [5.41, 5.74) is 0.280. The Labute approximate surface area is 141 Å². The van der Waals surface area contributed by atoms with Gasteiger partial charge in [0, 0.05) is 26.0 Å². The molecule has 0 aliphatic carbocycles. The molecular formula is C18H15F2N3O2. The molecule has 0 bridgehead atoms. The SMILES string of the molecule is Cn1c(CCC(=O)Nc2ccc(F)cc2F)nc(=O)c2ccccc21. The minimum absolute atomic E-state index is 0.00936. The van der Waals surface area contributed by atoms with Crippen LogP contribution in [-0.2, 0) is 18.3 Å². The molecular weight excluding hydrogens is 328 g/mol. The lowest BCUT2D eigenvalue weighted by Gasteiger charge is -2.11. The summed E-state index contributed by atoms with van der Waals surface area (Å²) >= 11 is 0. The van der Waals surface area contributed by atoms with E-state index in [1.807, 2.05) is 6.07 Å². The van der Waals surface area contributed by atoms with E-state index < -0.39 is 17.5 Å². The zero-order chi connectivity index (χ0) is 18.0. The third-order valence-corrected chi connectivity index (χ3v) is 3.89. The van der Waals surface area contributed by atoms with E-state index in [1.165, 1.54) is 0 Å². The summed E-state index contributed by atoms with van der Waals surface area (Å²) in [5.74, 6) is -1.55. The largest absolute Gasteiger partial charge is 0.332 e. The zero-order valence-corrected chi connectivity index (χ0v) is 13.4. The molecule has 0 aliphatic rings. The van der Waals surface area contributed by atoms with Crippen LogP contribution in [0.1, 0.15) is 12.2 Å². The smallest absolute Gasteiger partial charge is 0.280 e. The van der Waals surface area contributed by atoms with Gasteiger partial charge in [-0.2, -0.15) is 4.98 Å². The molecule has 0 spiro atoms. The van der Waals surface area contributed by atoms with Crippen molar-refractivity contribution < 1.29 is 13.6 Å². The van der Waals surface area contributed by atoms with Gasteiger partial charge in [-0.1, -0.05) is 12.1 Å². The maximum atomic E-state index is 13.6. The molecule has 5 nitrogen and oxygen atoms in total. The number of amides is 1. The third-order valence-electron chi connectivity index (χ3n) is 3.89. The number of carbonyl (C=O) groups is 1. The summed E-state index contributed by atoms with van der Waals surface area (Å²) < 4.78 is 28.2. The van der Waals surface area contributed by atoms with Gasteiger partial charge in [-0.15, -0.1) is 0 Å². The van der Waals surface area contributed by atoms with Crippen molar-refractivity contribution in [1.82, 2.24) is 9.55 Å². The number of nitrogens with zero attached hydrogens (tertiary/aromatic N) is 2. The molecule has 0 atom stereocenters. The molecule has 3 rings (SSSR count). The molecule has 128 valence electrons. The monoisotopic (exact) mass is 343 g/mol. The van der Waals surface area contributed by atoms with E-state index in [-0.39, 0.29) is 24.1 Å². The van der Waals surface area contributed by atoms with Gasteiger partial charge in [0.2, 0.25) is 5.91 Å². The molecule has 7 heteroatoms. The number of nitrogens with one attached hydrogen (secondary N) is 1. The Kier molecular flexibility index (Phi) is 4.56. The predicted molar refractivity (Wildman–Crippen MR) is 90.3 cm³/mol. The fraction of sp³-hybridized carbons (Fsp3) is 0.167. The highest BCUT2D eigenvalue weighted by Gasteiger charge is 2.12. The van der Waals surface area contributed by atoms with E-state index in [0.29, 0.717) is 17.3 Å². The van der Waals surface area contributed by atoms with Crippen LogP contribution in [0.5, 0.6) is 0 Å². The number of carbonyl (C=O) groups excluding carboxylic acids is 1. The van der Waals surface area contributed by atoms with Crippen molar-refractivity contribution in [2.75, 3.05) is 5.32 Å². The quantitative estimate of drug-likeness (QED) is 0.792. The van der Waals surface area contributed by atoms with E-state index in [2.05, 4.69) is 10.3 Å². The van der Waals surface area contributed by atoms with E-state index in [9.17, 15) is 18.4 Å². The fourth-order valence-corrected chi connectivity index (χ4v) is 2.59. The number of aromatic nitrogens is 2. The molecule has 0 unspecified atom stereocenters. The zero-order valence-electron chi connectivity index (χ0n) is 13.4. The Hall–Kier alpha value is -3.09. The van der Waals surface area contributed by atoms with Crippen LogP contribution in [-0.4, -0.2) is 15.5 Å². The number of hydrogen-bond acceptors (Lipinski definition) is 3. The minimum atomic E-state index is -0.843. The van der Waals surface area contributed by atoms with Gasteiger partial charge in [0.25, 0.3) is 5.56 Å². The highest BCUT2D eigenvalue weighted by molar-refractivity contribution is 5.90. The van der Waals surface area contributed by atoms with Gasteiger partial charge in [0.05, 0.1) is 16.6 Å². The molecule has 1 aromatic heterocycles. The first-order chi connectivity index (χ1) is 12.0. The van der Waals surface area contributed by atoms with Crippen LogP contribution in [0.15, 0.2) is 47.3 Å². The number of benzene rings is 2. The van der Waals surface area contributed by atoms with Gasteiger partial charge >= 0.3 is 0 Å². The van der Waals surface area contributed by atoms with E-state index in [4.69, 9.17) is 0 Å². The van der Waals surface area contributed by atoms with Crippen LogP contribution in [0.25, 0.3) is 10.9 Å². The summed E-state index contributed by atoms with van der Waals surface area (Å²) in [5, 5.41) is 2.89. The molecule has 3 aromatic rings. The van der Waals surface area contributed by atoms with Crippen molar-refractivity contribution in [3.05, 3.63) is 70.3 Å². The summed E-state index contributed by atoms with van der Waals surface area (Å²) in [6.45, 7) is 0. The fourth-order valence-electron chi connectivity index (χ4n) is 2.59. The molecule has 1 N–H and O–H groups in total. The molecule has 1 heterocycles. The van der Waals surface area contributed by atoms with Crippen molar-refractivity contribution >= 4 is 22.5 Å². The van der Waals surface area contributed by atoms with Crippen LogP contribution in [0, 0.1) is 11.6 Å². The highest BCUT2D eigenvalue weighted by Crippen LogP contribution is 2.16. The lowest BCUT2D eigenvalue weighted by molar-refractivity contribution is -0.116. The van der Waals surface area contributed by atoms with E-state index >= 15 is 0 Å². The number of halogens is 2. The van der Waals surface area contributed by atoms with Gasteiger partial charge in [0.1, 0.15) is 17.5 Å². The van der Waals surface area contributed by atoms with Crippen LogP contribution >= 0.6 is 0 Å². The number of fused-ring (bicyclic) bond motifs is 1. The van der Waals surface area contributed by atoms with Crippen molar-refractivity contribution in [3.8, 4) is 0 Å². The number of aryl methyl sites for hydroxylation is 2. The lowest BCUT2D eigenvalue weighted by atomic mass is 10.2. The van der Waals surface area contributed by atoms with Crippen LogP contribution in [0.4, 0.5) is 14.5 Å². The Morgan fingerprint density at radius 2 is 1.96 bits per heavy atom. The molecule has 0 radical (unpaired) electrons. The summed E-state index contributed by atoms with van der Waals surface area (Å²) in [7, 11) is 1.77. The van der Waals surface area contributed by atoms with Gasteiger partial charge in [0.15, 0.2) is 0 Å². The molecule has 25 heavy (non-hydrogen) atoms. The Balaban J connectivity index is 1.75. The normalized spacial score (nSPS) is 10.8.